The Labute approximate surface area is 164 Å². The summed E-state index contributed by atoms with van der Waals surface area (Å²) in [7, 11) is 5.37. The highest BCUT2D eigenvalue weighted by Crippen LogP contribution is 2.35. The maximum atomic E-state index is 12.6. The van der Waals surface area contributed by atoms with E-state index in [0.29, 0.717) is 29.0 Å². The number of carbonyl (C=O) groups excluding carboxylic acids is 1. The van der Waals surface area contributed by atoms with Gasteiger partial charge in [-0.2, -0.15) is 0 Å². The summed E-state index contributed by atoms with van der Waals surface area (Å²) in [5, 5.41) is 3.85. The number of nitrogens with zero attached hydrogens (tertiary/aromatic N) is 2. The number of methoxy groups -OCH3 is 2. The first-order valence-corrected chi connectivity index (χ1v) is 10.0. The van der Waals surface area contributed by atoms with Crippen molar-refractivity contribution in [3.8, 4) is 22.1 Å². The largest absolute Gasteiger partial charge is 0.493 e. The van der Waals surface area contributed by atoms with Crippen LogP contribution in [0, 0.1) is 6.92 Å². The molecular weight excluding hydrogens is 362 g/mol. The van der Waals surface area contributed by atoms with Crippen LogP contribution in [0.4, 0.5) is 0 Å². The molecule has 7 heteroatoms. The standard InChI is InChI=1S/C20H27N3O3S/c1-13-18(19(24)21-10-9-15-6-5-11-23(15)2)27-20(22-13)14-7-8-16(25-3)17(12-14)26-4/h7-8,12,15H,5-6,9-11H2,1-4H3,(H,21,24). The molecule has 1 aromatic heterocycles. The minimum Gasteiger partial charge on any atom is -0.493 e. The van der Waals surface area contributed by atoms with E-state index in [1.807, 2.05) is 25.1 Å². The predicted molar refractivity (Wildman–Crippen MR) is 108 cm³/mol. The number of amides is 1. The molecule has 146 valence electrons. The van der Waals surface area contributed by atoms with Crippen LogP contribution in [0.15, 0.2) is 18.2 Å². The topological polar surface area (TPSA) is 63.7 Å². The number of nitrogens with one attached hydrogen (secondary N) is 1. The van der Waals surface area contributed by atoms with Gasteiger partial charge < -0.3 is 19.7 Å². The smallest absolute Gasteiger partial charge is 0.263 e. The Morgan fingerprint density at radius 3 is 2.78 bits per heavy atom. The number of carbonyl (C=O) groups is 1. The molecule has 2 heterocycles. The Kier molecular flexibility index (Phi) is 6.34. The molecule has 0 aliphatic carbocycles. The summed E-state index contributed by atoms with van der Waals surface area (Å²) in [5.74, 6) is 1.27. The second-order valence-electron chi connectivity index (χ2n) is 6.82. The van der Waals surface area contributed by atoms with E-state index in [2.05, 4.69) is 22.2 Å². The van der Waals surface area contributed by atoms with Gasteiger partial charge in [-0.25, -0.2) is 4.98 Å². The molecule has 0 bridgehead atoms. The Balaban J connectivity index is 1.67. The van der Waals surface area contributed by atoms with Crippen LogP contribution in [0.1, 0.15) is 34.6 Å². The second kappa shape index (κ2) is 8.71. The molecule has 0 spiro atoms. The molecule has 3 rings (SSSR count). The third kappa shape index (κ3) is 4.42. The van der Waals surface area contributed by atoms with Crippen LogP contribution in [0.3, 0.4) is 0 Å². The quantitative estimate of drug-likeness (QED) is 0.787. The third-order valence-electron chi connectivity index (χ3n) is 5.07. The fourth-order valence-electron chi connectivity index (χ4n) is 3.48. The van der Waals surface area contributed by atoms with E-state index in [4.69, 9.17) is 9.47 Å². The van der Waals surface area contributed by atoms with Gasteiger partial charge in [0, 0.05) is 18.2 Å². The molecule has 1 aliphatic heterocycles. The van der Waals surface area contributed by atoms with E-state index >= 15 is 0 Å². The maximum absolute atomic E-state index is 12.6. The first-order chi connectivity index (χ1) is 13.0. The van der Waals surface area contributed by atoms with Crippen molar-refractivity contribution in [2.24, 2.45) is 0 Å². The Bertz CT molecular complexity index is 806. The number of rotatable bonds is 7. The van der Waals surface area contributed by atoms with E-state index in [1.54, 1.807) is 14.2 Å². The number of ether oxygens (including phenoxy) is 2. The molecule has 1 aliphatic rings. The van der Waals surface area contributed by atoms with Gasteiger partial charge in [-0.05, 0) is 58.0 Å². The monoisotopic (exact) mass is 389 g/mol. The number of hydrogen-bond acceptors (Lipinski definition) is 6. The van der Waals surface area contributed by atoms with Gasteiger partial charge in [0.25, 0.3) is 5.91 Å². The number of thiazole rings is 1. The van der Waals surface area contributed by atoms with Crippen molar-refractivity contribution in [3.05, 3.63) is 28.8 Å². The molecule has 27 heavy (non-hydrogen) atoms. The first-order valence-electron chi connectivity index (χ1n) is 9.21. The van der Waals surface area contributed by atoms with Crippen molar-refractivity contribution >= 4 is 17.2 Å². The molecule has 1 aromatic carbocycles. The summed E-state index contributed by atoms with van der Waals surface area (Å²) in [6, 6.07) is 6.24. The van der Waals surface area contributed by atoms with Gasteiger partial charge in [-0.15, -0.1) is 11.3 Å². The van der Waals surface area contributed by atoms with Crippen LogP contribution in [-0.4, -0.2) is 56.2 Å². The summed E-state index contributed by atoms with van der Waals surface area (Å²) in [4.78, 5) is 20.2. The lowest BCUT2D eigenvalue weighted by Gasteiger charge is -2.19. The van der Waals surface area contributed by atoms with Crippen molar-refractivity contribution in [2.45, 2.75) is 32.2 Å². The lowest BCUT2D eigenvalue weighted by atomic mass is 10.1. The summed E-state index contributed by atoms with van der Waals surface area (Å²) in [6.07, 6.45) is 3.45. The van der Waals surface area contributed by atoms with Gasteiger partial charge in [0.2, 0.25) is 0 Å². The first kappa shape index (κ1) is 19.6. The van der Waals surface area contributed by atoms with Crippen molar-refractivity contribution in [3.63, 3.8) is 0 Å². The van der Waals surface area contributed by atoms with Crippen molar-refractivity contribution in [1.82, 2.24) is 15.2 Å². The van der Waals surface area contributed by atoms with E-state index in [9.17, 15) is 4.79 Å². The summed E-state index contributed by atoms with van der Waals surface area (Å²) in [6.45, 7) is 3.72. The zero-order valence-electron chi connectivity index (χ0n) is 16.4. The Hall–Kier alpha value is -2.12. The summed E-state index contributed by atoms with van der Waals surface area (Å²) < 4.78 is 10.6. The zero-order valence-corrected chi connectivity index (χ0v) is 17.2. The molecule has 2 aromatic rings. The van der Waals surface area contributed by atoms with E-state index in [0.717, 1.165) is 29.2 Å². The number of benzene rings is 1. The maximum Gasteiger partial charge on any atom is 0.263 e. The van der Waals surface area contributed by atoms with Gasteiger partial charge in [0.1, 0.15) is 9.88 Å². The van der Waals surface area contributed by atoms with Crippen LogP contribution in [-0.2, 0) is 0 Å². The predicted octanol–water partition coefficient (Wildman–Crippen LogP) is 3.35. The highest BCUT2D eigenvalue weighted by Gasteiger charge is 2.21. The molecule has 0 radical (unpaired) electrons. The normalized spacial score (nSPS) is 17.1. The third-order valence-corrected chi connectivity index (χ3v) is 6.27. The minimum absolute atomic E-state index is 0.0441. The van der Waals surface area contributed by atoms with Gasteiger partial charge in [-0.1, -0.05) is 0 Å². The van der Waals surface area contributed by atoms with E-state index in [1.165, 1.54) is 24.2 Å². The van der Waals surface area contributed by atoms with Gasteiger partial charge in [-0.3, -0.25) is 4.79 Å². The average molecular weight is 390 g/mol. The van der Waals surface area contributed by atoms with Crippen LogP contribution in [0.2, 0.25) is 0 Å². The molecule has 1 saturated heterocycles. The van der Waals surface area contributed by atoms with Crippen LogP contribution in [0.5, 0.6) is 11.5 Å². The second-order valence-corrected chi connectivity index (χ2v) is 7.82. The van der Waals surface area contributed by atoms with Crippen molar-refractivity contribution < 1.29 is 14.3 Å². The average Bonchev–Trinajstić information content (AvgIpc) is 3.26. The number of aromatic nitrogens is 1. The zero-order chi connectivity index (χ0) is 19.4. The number of likely N-dealkylation sites (tertiary alicyclic amines) is 1. The highest BCUT2D eigenvalue weighted by atomic mass is 32.1. The Morgan fingerprint density at radius 2 is 2.11 bits per heavy atom. The van der Waals surface area contributed by atoms with Gasteiger partial charge in [0.15, 0.2) is 11.5 Å². The minimum atomic E-state index is -0.0441. The lowest BCUT2D eigenvalue weighted by molar-refractivity contribution is 0.0953. The molecule has 1 amide bonds. The van der Waals surface area contributed by atoms with E-state index < -0.39 is 0 Å². The number of aryl methyl sites for hydroxylation is 1. The van der Waals surface area contributed by atoms with Gasteiger partial charge >= 0.3 is 0 Å². The molecule has 1 unspecified atom stereocenters. The van der Waals surface area contributed by atoms with Crippen molar-refractivity contribution in [1.29, 1.82) is 0 Å². The molecule has 0 saturated carbocycles. The number of hydrogen-bond donors (Lipinski definition) is 1. The molecule has 1 fully saturated rings. The molecule has 6 nitrogen and oxygen atoms in total. The van der Waals surface area contributed by atoms with Crippen molar-refractivity contribution in [2.75, 3.05) is 34.4 Å². The van der Waals surface area contributed by atoms with Crippen LogP contribution < -0.4 is 14.8 Å². The van der Waals surface area contributed by atoms with Gasteiger partial charge in [0.05, 0.1) is 19.9 Å². The molecule has 1 N–H and O–H groups in total. The fraction of sp³-hybridized carbons (Fsp3) is 0.500. The van der Waals surface area contributed by atoms with Crippen LogP contribution >= 0.6 is 11.3 Å². The van der Waals surface area contributed by atoms with E-state index in [-0.39, 0.29) is 5.91 Å². The molecule has 1 atom stereocenters. The summed E-state index contributed by atoms with van der Waals surface area (Å²) in [5.41, 5.74) is 1.66. The van der Waals surface area contributed by atoms with Crippen LogP contribution in [0.25, 0.3) is 10.6 Å². The summed E-state index contributed by atoms with van der Waals surface area (Å²) >= 11 is 1.41. The Morgan fingerprint density at radius 1 is 1.33 bits per heavy atom. The fourth-order valence-corrected chi connectivity index (χ4v) is 4.46. The SMILES string of the molecule is COc1ccc(-c2nc(C)c(C(=O)NCCC3CCCN3C)s2)cc1OC. The lowest BCUT2D eigenvalue weighted by Crippen LogP contribution is -2.31. The molecular formula is C20H27N3O3S. The highest BCUT2D eigenvalue weighted by molar-refractivity contribution is 7.17.